The van der Waals surface area contributed by atoms with Crippen LogP contribution in [0, 0.1) is 0 Å². The molecule has 0 saturated heterocycles. The van der Waals surface area contributed by atoms with Gasteiger partial charge in [0, 0.05) is 29.5 Å². The van der Waals surface area contributed by atoms with E-state index in [0.717, 1.165) is 17.4 Å². The largest absolute Gasteiger partial charge is 0.444 e. The Kier molecular flexibility index (Phi) is 8.11. The third kappa shape index (κ3) is 6.53. The lowest BCUT2D eigenvalue weighted by Gasteiger charge is -2.38. The molecule has 2 aromatic rings. The van der Waals surface area contributed by atoms with E-state index in [9.17, 15) is 4.79 Å². The number of aromatic nitrogens is 1. The molecule has 0 saturated carbocycles. The van der Waals surface area contributed by atoms with Crippen molar-refractivity contribution in [3.05, 3.63) is 63.4 Å². The fraction of sp³-hybridized carbons (Fsp3) is 0.520. The number of hydrogen-bond acceptors (Lipinski definition) is 4. The first-order valence-electron chi connectivity index (χ1n) is 11.1. The molecular weight excluding hydrogens is 454 g/mol. The van der Waals surface area contributed by atoms with Gasteiger partial charge in [-0.05, 0) is 88.7 Å². The first-order valence-corrected chi connectivity index (χ1v) is 11.9. The van der Waals surface area contributed by atoms with Gasteiger partial charge in [-0.25, -0.2) is 4.79 Å². The molecule has 0 spiro atoms. The molecule has 1 aromatic heterocycles. The monoisotopic (exact) mass is 487 g/mol. The minimum Gasteiger partial charge on any atom is -0.444 e. The number of carbonyl (C=O) groups is 1. The Hall–Kier alpha value is -1.92. The molecule has 1 unspecified atom stereocenters. The molecule has 2 heterocycles. The van der Waals surface area contributed by atoms with Gasteiger partial charge < -0.3 is 10.1 Å². The summed E-state index contributed by atoms with van der Waals surface area (Å²) >= 11 is 3.61. The second kappa shape index (κ2) is 10.6. The quantitative estimate of drug-likeness (QED) is 0.624. The molecule has 1 amide bonds. The summed E-state index contributed by atoms with van der Waals surface area (Å²) in [6.07, 6.45) is 7.58. The Balaban J connectivity index is 0.000000225. The van der Waals surface area contributed by atoms with Gasteiger partial charge in [0.25, 0.3) is 0 Å². The van der Waals surface area contributed by atoms with Crippen molar-refractivity contribution in [1.82, 2.24) is 15.2 Å². The summed E-state index contributed by atoms with van der Waals surface area (Å²) in [6, 6.07) is 10.5. The molecule has 1 aliphatic heterocycles. The van der Waals surface area contributed by atoms with Crippen LogP contribution in [0.2, 0.25) is 0 Å². The highest BCUT2D eigenvalue weighted by molar-refractivity contribution is 9.10. The van der Waals surface area contributed by atoms with Crippen LogP contribution in [-0.2, 0) is 30.5 Å². The number of amides is 1. The molecule has 6 heteroatoms. The van der Waals surface area contributed by atoms with Crippen LogP contribution in [0.3, 0.4) is 0 Å². The van der Waals surface area contributed by atoms with Crippen molar-refractivity contribution in [3.63, 3.8) is 0 Å². The maximum Gasteiger partial charge on any atom is 0.410 e. The number of nitrogens with zero attached hydrogens (tertiary/aromatic N) is 2. The lowest BCUT2D eigenvalue weighted by molar-refractivity contribution is 0.0121. The zero-order valence-corrected chi connectivity index (χ0v) is 20.7. The third-order valence-corrected chi connectivity index (χ3v) is 6.34. The van der Waals surface area contributed by atoms with Crippen molar-refractivity contribution in [2.24, 2.45) is 0 Å². The standard InChI is InChI=1S/C16H23BrN2O2.C9H11N/c1-16(2,3)21-15(20)19-10-11-6-5-7-14(17)13(11)8-12(19)9-18-4;1-2-6-9-8(4-1)5-3-7-10-9/h5-7,12,18H,8-10H2,1-4H3;3,5,7H,1-2,4,6H2. The number of aryl methyl sites for hydroxylation is 2. The summed E-state index contributed by atoms with van der Waals surface area (Å²) in [5.41, 5.74) is 4.79. The van der Waals surface area contributed by atoms with Crippen LogP contribution in [0.5, 0.6) is 0 Å². The van der Waals surface area contributed by atoms with Crippen LogP contribution in [0.15, 0.2) is 41.0 Å². The predicted octanol–water partition coefficient (Wildman–Crippen LogP) is 5.29. The van der Waals surface area contributed by atoms with Crippen LogP contribution >= 0.6 is 15.9 Å². The van der Waals surface area contributed by atoms with E-state index >= 15 is 0 Å². The summed E-state index contributed by atoms with van der Waals surface area (Å²) in [5, 5.41) is 3.17. The van der Waals surface area contributed by atoms with Crippen molar-refractivity contribution in [2.45, 2.75) is 71.1 Å². The Labute approximate surface area is 194 Å². The van der Waals surface area contributed by atoms with Crippen molar-refractivity contribution >= 4 is 22.0 Å². The summed E-state index contributed by atoms with van der Waals surface area (Å²) in [6.45, 7) is 7.03. The zero-order valence-electron chi connectivity index (χ0n) is 19.1. The van der Waals surface area contributed by atoms with Crippen molar-refractivity contribution < 1.29 is 9.53 Å². The average molecular weight is 488 g/mol. The Morgan fingerprint density at radius 1 is 1.19 bits per heavy atom. The predicted molar refractivity (Wildman–Crippen MR) is 128 cm³/mol. The topological polar surface area (TPSA) is 54.5 Å². The number of ether oxygens (including phenoxy) is 1. The fourth-order valence-electron chi connectivity index (χ4n) is 4.12. The second-order valence-corrected chi connectivity index (χ2v) is 10.1. The molecule has 2 aliphatic rings. The van der Waals surface area contributed by atoms with E-state index in [0.29, 0.717) is 6.54 Å². The smallest absolute Gasteiger partial charge is 0.410 e. The van der Waals surface area contributed by atoms with Crippen molar-refractivity contribution in [3.8, 4) is 0 Å². The van der Waals surface area contributed by atoms with Gasteiger partial charge in [0.1, 0.15) is 5.60 Å². The van der Waals surface area contributed by atoms with Crippen molar-refractivity contribution in [1.29, 1.82) is 0 Å². The highest BCUT2D eigenvalue weighted by Crippen LogP contribution is 2.30. The van der Waals surface area contributed by atoms with Crippen LogP contribution in [0.4, 0.5) is 4.79 Å². The molecule has 4 rings (SSSR count). The number of hydrogen-bond donors (Lipinski definition) is 1. The van der Waals surface area contributed by atoms with Gasteiger partial charge in [0.05, 0.1) is 6.04 Å². The highest BCUT2D eigenvalue weighted by Gasteiger charge is 2.33. The number of nitrogens with one attached hydrogen (secondary N) is 1. The maximum absolute atomic E-state index is 12.5. The van der Waals surface area contributed by atoms with Gasteiger partial charge in [-0.15, -0.1) is 0 Å². The average Bonchev–Trinajstić information content (AvgIpc) is 2.73. The van der Waals surface area contributed by atoms with E-state index in [1.54, 1.807) is 0 Å². The first kappa shape index (κ1) is 23.7. The first-order chi connectivity index (χ1) is 14.8. The number of carbonyl (C=O) groups excluding carboxylic acids is 1. The number of likely N-dealkylation sites (N-methyl/N-ethyl adjacent to an activating group) is 1. The lowest BCUT2D eigenvalue weighted by Crippen LogP contribution is -2.50. The highest BCUT2D eigenvalue weighted by atomic mass is 79.9. The van der Waals surface area contributed by atoms with Gasteiger partial charge in [0.15, 0.2) is 0 Å². The Morgan fingerprint density at radius 3 is 2.65 bits per heavy atom. The van der Waals surface area contributed by atoms with E-state index in [1.807, 2.05) is 51.0 Å². The lowest BCUT2D eigenvalue weighted by atomic mass is 9.94. The number of pyridine rings is 1. The summed E-state index contributed by atoms with van der Waals surface area (Å²) in [4.78, 5) is 18.6. The molecule has 0 bridgehead atoms. The van der Waals surface area contributed by atoms with E-state index in [4.69, 9.17) is 4.74 Å². The molecule has 5 nitrogen and oxygen atoms in total. The Morgan fingerprint density at radius 2 is 1.94 bits per heavy atom. The van der Waals surface area contributed by atoms with Crippen LogP contribution in [-0.4, -0.2) is 41.2 Å². The molecular formula is C25H34BrN3O2. The molecule has 1 N–H and O–H groups in total. The number of fused-ring (bicyclic) bond motifs is 2. The minimum absolute atomic E-state index is 0.107. The van der Waals surface area contributed by atoms with Crippen LogP contribution in [0.1, 0.15) is 56.0 Å². The van der Waals surface area contributed by atoms with Gasteiger partial charge in [0.2, 0.25) is 0 Å². The zero-order chi connectivity index (χ0) is 22.4. The number of halogens is 1. The summed E-state index contributed by atoms with van der Waals surface area (Å²) in [5.74, 6) is 0. The van der Waals surface area contributed by atoms with Gasteiger partial charge >= 0.3 is 6.09 Å². The van der Waals surface area contributed by atoms with E-state index in [-0.39, 0.29) is 12.1 Å². The number of rotatable bonds is 2. The minimum atomic E-state index is -0.473. The van der Waals surface area contributed by atoms with Crippen LogP contribution in [0.25, 0.3) is 0 Å². The number of benzene rings is 1. The van der Waals surface area contributed by atoms with Gasteiger partial charge in [-0.2, -0.15) is 0 Å². The summed E-state index contributed by atoms with van der Waals surface area (Å²) < 4.78 is 6.66. The summed E-state index contributed by atoms with van der Waals surface area (Å²) in [7, 11) is 1.91. The van der Waals surface area contributed by atoms with Gasteiger partial charge in [-0.3, -0.25) is 9.88 Å². The second-order valence-electron chi connectivity index (χ2n) is 9.22. The Bertz CT molecular complexity index is 870. The SMILES string of the molecule is CNCC1Cc2c(Br)cccc2CN1C(=O)OC(C)(C)C.c1cnc2c(c1)CCCC2. The molecule has 1 atom stereocenters. The molecule has 0 fully saturated rings. The van der Waals surface area contributed by atoms with Crippen molar-refractivity contribution in [2.75, 3.05) is 13.6 Å². The molecule has 1 aromatic carbocycles. The van der Waals surface area contributed by atoms with E-state index in [2.05, 4.69) is 44.4 Å². The van der Waals surface area contributed by atoms with E-state index < -0.39 is 5.60 Å². The molecule has 168 valence electrons. The molecule has 1 aliphatic carbocycles. The van der Waals surface area contributed by atoms with Gasteiger partial charge in [-0.1, -0.05) is 34.1 Å². The molecule has 31 heavy (non-hydrogen) atoms. The van der Waals surface area contributed by atoms with Crippen LogP contribution < -0.4 is 5.32 Å². The molecule has 0 radical (unpaired) electrons. The van der Waals surface area contributed by atoms with E-state index in [1.165, 1.54) is 48.1 Å². The normalized spacial score (nSPS) is 17.7. The maximum atomic E-state index is 12.5. The fourth-order valence-corrected chi connectivity index (χ4v) is 4.69. The third-order valence-electron chi connectivity index (χ3n) is 5.60.